The maximum Gasteiger partial charge on any atom is 0.150 e. The van der Waals surface area contributed by atoms with Crippen molar-refractivity contribution in [2.24, 2.45) is 5.92 Å². The Labute approximate surface area is 273 Å². The standard InChI is InChI=1S/C37H35ClFN3O4/c1-22(24(3)43)13-34(44)23(2)42-20-27-15-32(38)37(16-36(27)45-21-26-14-25(17-40)18-41-19-26)46-35-12-11-29-28(8-6-9-31(29)35)30-7-4-5-10-33(30)39/h4-10,14-16,18-19,22-23,35,42H,11-13,20-21H2,1-3H3/t22-,23+,35+/m1/s1. The Bertz CT molecular complexity index is 1800. The monoisotopic (exact) mass is 639 g/mol. The van der Waals surface area contributed by atoms with E-state index in [-0.39, 0.29) is 49.0 Å². The molecule has 0 spiro atoms. The van der Waals surface area contributed by atoms with Crippen LogP contribution in [0.15, 0.2) is 73.1 Å². The van der Waals surface area contributed by atoms with Gasteiger partial charge in [0.15, 0.2) is 0 Å². The van der Waals surface area contributed by atoms with Gasteiger partial charge in [-0.15, -0.1) is 0 Å². The number of fused-ring (bicyclic) bond motifs is 1. The Morgan fingerprint density at radius 2 is 1.87 bits per heavy atom. The van der Waals surface area contributed by atoms with Crippen LogP contribution in [-0.4, -0.2) is 22.6 Å². The van der Waals surface area contributed by atoms with Crippen molar-refractivity contribution in [2.45, 2.75) is 65.3 Å². The first kappa shape index (κ1) is 32.8. The topological polar surface area (TPSA) is 101 Å². The maximum atomic E-state index is 14.7. The molecule has 0 saturated heterocycles. The maximum absolute atomic E-state index is 14.7. The molecule has 1 aliphatic rings. The zero-order valence-electron chi connectivity index (χ0n) is 26.0. The second-order valence-electron chi connectivity index (χ2n) is 11.7. The predicted molar refractivity (Wildman–Crippen MR) is 174 cm³/mol. The fourth-order valence-corrected chi connectivity index (χ4v) is 5.78. The zero-order valence-corrected chi connectivity index (χ0v) is 26.7. The van der Waals surface area contributed by atoms with Gasteiger partial charge in [0, 0.05) is 54.0 Å². The van der Waals surface area contributed by atoms with Crippen LogP contribution in [0.4, 0.5) is 4.39 Å². The molecule has 3 aromatic carbocycles. The smallest absolute Gasteiger partial charge is 0.150 e. The van der Waals surface area contributed by atoms with Crippen molar-refractivity contribution in [2.75, 3.05) is 0 Å². The Morgan fingerprint density at radius 3 is 2.63 bits per heavy atom. The number of rotatable bonds is 13. The molecule has 0 radical (unpaired) electrons. The Balaban J connectivity index is 1.39. The van der Waals surface area contributed by atoms with Gasteiger partial charge in [-0.1, -0.05) is 54.9 Å². The molecule has 3 atom stereocenters. The summed E-state index contributed by atoms with van der Waals surface area (Å²) < 4.78 is 27.4. The van der Waals surface area contributed by atoms with Crippen LogP contribution in [0.2, 0.25) is 5.02 Å². The second kappa shape index (κ2) is 14.7. The fraction of sp³-hybridized carbons (Fsp3) is 0.297. The second-order valence-corrected chi connectivity index (χ2v) is 12.1. The van der Waals surface area contributed by atoms with Crippen LogP contribution in [0.3, 0.4) is 0 Å². The van der Waals surface area contributed by atoms with Crippen molar-refractivity contribution >= 4 is 23.2 Å². The fourth-order valence-electron chi connectivity index (χ4n) is 5.55. The minimum absolute atomic E-state index is 0.0260. The van der Waals surface area contributed by atoms with E-state index in [0.717, 1.165) is 23.1 Å². The van der Waals surface area contributed by atoms with Gasteiger partial charge in [-0.2, -0.15) is 5.26 Å². The highest BCUT2D eigenvalue weighted by Crippen LogP contribution is 2.43. The third kappa shape index (κ3) is 7.61. The molecule has 1 N–H and O–H groups in total. The number of benzene rings is 3. The van der Waals surface area contributed by atoms with Gasteiger partial charge < -0.3 is 14.8 Å². The lowest BCUT2D eigenvalue weighted by Crippen LogP contribution is -2.35. The number of nitrogens with one attached hydrogen (secondary N) is 1. The number of ether oxygens (including phenoxy) is 2. The largest absolute Gasteiger partial charge is 0.488 e. The van der Waals surface area contributed by atoms with Crippen molar-refractivity contribution in [3.05, 3.63) is 112 Å². The summed E-state index contributed by atoms with van der Waals surface area (Å²) in [5.41, 5.74) is 5.28. The number of hydrogen-bond acceptors (Lipinski definition) is 7. The number of carbonyl (C=O) groups excluding carboxylic acids is 2. The molecule has 7 nitrogen and oxygen atoms in total. The zero-order chi connectivity index (χ0) is 32.8. The van der Waals surface area contributed by atoms with E-state index in [1.807, 2.05) is 24.3 Å². The first-order valence-corrected chi connectivity index (χ1v) is 15.6. The molecular weight excluding hydrogens is 605 g/mol. The van der Waals surface area contributed by atoms with E-state index < -0.39 is 6.04 Å². The van der Waals surface area contributed by atoms with Crippen molar-refractivity contribution in [1.29, 1.82) is 5.26 Å². The molecule has 0 fully saturated rings. The number of nitrogens with zero attached hydrogens (tertiary/aromatic N) is 2. The number of hydrogen-bond donors (Lipinski definition) is 1. The van der Waals surface area contributed by atoms with E-state index in [4.69, 9.17) is 21.1 Å². The predicted octanol–water partition coefficient (Wildman–Crippen LogP) is 7.72. The number of carbonyl (C=O) groups is 2. The molecule has 1 aliphatic carbocycles. The molecule has 1 heterocycles. The van der Waals surface area contributed by atoms with Crippen LogP contribution >= 0.6 is 11.6 Å². The van der Waals surface area contributed by atoms with Gasteiger partial charge in [-0.05, 0) is 61.6 Å². The minimum Gasteiger partial charge on any atom is -0.488 e. The van der Waals surface area contributed by atoms with Crippen LogP contribution in [0.25, 0.3) is 11.1 Å². The number of pyridine rings is 1. The highest BCUT2D eigenvalue weighted by atomic mass is 35.5. The Kier molecular flexibility index (Phi) is 10.5. The minimum atomic E-state index is -0.500. The SMILES string of the molecule is CC(=O)[C@H](C)CC(=O)[C@H](C)NCc1cc(Cl)c(O[C@H]2CCc3c(-c4ccccc4F)cccc32)cc1OCc1cncc(C#N)c1. The van der Waals surface area contributed by atoms with Gasteiger partial charge in [0.25, 0.3) is 0 Å². The molecule has 0 bridgehead atoms. The van der Waals surface area contributed by atoms with E-state index in [1.165, 1.54) is 19.2 Å². The normalized spacial score (nSPS) is 15.0. The lowest BCUT2D eigenvalue weighted by atomic mass is 9.96. The van der Waals surface area contributed by atoms with Crippen LogP contribution in [0, 0.1) is 23.1 Å². The molecule has 46 heavy (non-hydrogen) atoms. The summed E-state index contributed by atoms with van der Waals surface area (Å²) in [5, 5.41) is 12.9. The molecule has 0 amide bonds. The summed E-state index contributed by atoms with van der Waals surface area (Å²) in [6.45, 7) is 5.40. The van der Waals surface area contributed by atoms with Gasteiger partial charge in [0.1, 0.15) is 47.7 Å². The van der Waals surface area contributed by atoms with Gasteiger partial charge in [-0.3, -0.25) is 14.6 Å². The number of halogens is 2. The van der Waals surface area contributed by atoms with Crippen molar-refractivity contribution < 1.29 is 23.5 Å². The highest BCUT2D eigenvalue weighted by molar-refractivity contribution is 6.32. The summed E-state index contributed by atoms with van der Waals surface area (Å²) in [4.78, 5) is 28.5. The number of aromatic nitrogens is 1. The molecule has 5 rings (SSSR count). The first-order chi connectivity index (χ1) is 22.1. The van der Waals surface area contributed by atoms with Crippen LogP contribution in [0.1, 0.15) is 67.5 Å². The third-order valence-electron chi connectivity index (χ3n) is 8.37. The van der Waals surface area contributed by atoms with E-state index in [2.05, 4.69) is 16.4 Å². The number of Topliss-reactive ketones (excluding diaryl/α,β-unsaturated/α-hetero) is 2. The van der Waals surface area contributed by atoms with E-state index in [1.54, 1.807) is 50.4 Å². The molecule has 4 aromatic rings. The lowest BCUT2D eigenvalue weighted by Gasteiger charge is -2.21. The number of nitriles is 1. The van der Waals surface area contributed by atoms with Gasteiger partial charge in [-0.25, -0.2) is 4.39 Å². The average molecular weight is 640 g/mol. The van der Waals surface area contributed by atoms with E-state index >= 15 is 0 Å². The van der Waals surface area contributed by atoms with Gasteiger partial charge in [0.2, 0.25) is 0 Å². The summed E-state index contributed by atoms with van der Waals surface area (Å²) in [6.07, 6.45) is 4.39. The summed E-state index contributed by atoms with van der Waals surface area (Å²) in [7, 11) is 0. The molecular formula is C37H35ClFN3O4. The number of ketones is 2. The summed E-state index contributed by atoms with van der Waals surface area (Å²) >= 11 is 6.78. The van der Waals surface area contributed by atoms with Crippen molar-refractivity contribution in [1.82, 2.24) is 10.3 Å². The molecule has 1 aromatic heterocycles. The van der Waals surface area contributed by atoms with E-state index in [9.17, 15) is 19.2 Å². The van der Waals surface area contributed by atoms with E-state index in [0.29, 0.717) is 45.2 Å². The summed E-state index contributed by atoms with van der Waals surface area (Å²) in [5.74, 6) is 0.214. The summed E-state index contributed by atoms with van der Waals surface area (Å²) in [6, 6.07) is 19.4. The van der Waals surface area contributed by atoms with Crippen LogP contribution < -0.4 is 14.8 Å². The van der Waals surface area contributed by atoms with Crippen molar-refractivity contribution in [3.8, 4) is 28.7 Å². The third-order valence-corrected chi connectivity index (χ3v) is 8.66. The Morgan fingerprint density at radius 1 is 1.09 bits per heavy atom. The molecule has 9 heteroatoms. The molecule has 236 valence electrons. The lowest BCUT2D eigenvalue weighted by molar-refractivity contribution is -0.127. The van der Waals surface area contributed by atoms with Crippen LogP contribution in [0.5, 0.6) is 11.5 Å². The Hall–Kier alpha value is -4.58. The first-order valence-electron chi connectivity index (χ1n) is 15.2. The average Bonchev–Trinajstić information content (AvgIpc) is 3.47. The molecule has 0 aliphatic heterocycles. The van der Waals surface area contributed by atoms with Crippen LogP contribution in [-0.2, 0) is 29.2 Å². The quantitative estimate of drug-likeness (QED) is 0.160. The van der Waals surface area contributed by atoms with Crippen molar-refractivity contribution in [3.63, 3.8) is 0 Å². The van der Waals surface area contributed by atoms with Gasteiger partial charge >= 0.3 is 0 Å². The molecule has 0 unspecified atom stereocenters. The molecule has 0 saturated carbocycles. The van der Waals surface area contributed by atoms with Gasteiger partial charge in [0.05, 0.1) is 16.6 Å². The highest BCUT2D eigenvalue weighted by Gasteiger charge is 2.28.